The molecule has 1 aromatic carbocycles. The van der Waals surface area contributed by atoms with Crippen molar-refractivity contribution in [2.75, 3.05) is 5.32 Å². The summed E-state index contributed by atoms with van der Waals surface area (Å²) in [6.07, 6.45) is -4.32. The zero-order valence-electron chi connectivity index (χ0n) is 15.1. The minimum atomic E-state index is -1.01. The smallest absolute Gasteiger partial charge is 0.303 e. The molecule has 0 spiro atoms. The quantitative estimate of drug-likeness (QED) is 0.621. The molecule has 1 saturated heterocycles. The number of nitrogens with one attached hydrogen (secondary N) is 1. The van der Waals surface area contributed by atoms with Crippen molar-refractivity contribution in [2.24, 2.45) is 0 Å². The molecule has 0 aromatic heterocycles. The number of benzene rings is 1. The summed E-state index contributed by atoms with van der Waals surface area (Å²) >= 11 is 0. The second-order valence-corrected chi connectivity index (χ2v) is 5.99. The molecule has 0 amide bonds. The minimum Gasteiger partial charge on any atom is -0.456 e. The summed E-state index contributed by atoms with van der Waals surface area (Å²) in [6, 6.07) is 9.16. The van der Waals surface area contributed by atoms with Crippen molar-refractivity contribution < 1.29 is 33.3 Å². The second kappa shape index (κ2) is 8.66. The number of carbonyl (C=O) groups is 3. The Hall–Kier alpha value is -2.61. The predicted octanol–water partition coefficient (Wildman–Crippen LogP) is 1.64. The van der Waals surface area contributed by atoms with E-state index in [0.29, 0.717) is 0 Å². The lowest BCUT2D eigenvalue weighted by atomic mass is 9.97. The summed E-state index contributed by atoms with van der Waals surface area (Å²) in [5.74, 6) is -1.72. The molecule has 8 nitrogen and oxygen atoms in total. The monoisotopic (exact) mass is 365 g/mol. The van der Waals surface area contributed by atoms with Gasteiger partial charge in [0.25, 0.3) is 0 Å². The van der Waals surface area contributed by atoms with Crippen LogP contribution in [0.2, 0.25) is 0 Å². The molecule has 0 unspecified atom stereocenters. The van der Waals surface area contributed by atoms with E-state index >= 15 is 0 Å². The first-order valence-electron chi connectivity index (χ1n) is 8.26. The fourth-order valence-electron chi connectivity index (χ4n) is 2.83. The average molecular weight is 365 g/mol. The highest BCUT2D eigenvalue weighted by molar-refractivity contribution is 5.68. The number of esters is 3. The molecule has 1 N–H and O–H groups in total. The number of carbonyl (C=O) groups excluding carboxylic acids is 3. The lowest BCUT2D eigenvalue weighted by molar-refractivity contribution is -0.238. The lowest BCUT2D eigenvalue weighted by Gasteiger charge is -2.44. The Morgan fingerprint density at radius 2 is 1.35 bits per heavy atom. The summed E-state index contributed by atoms with van der Waals surface area (Å²) < 4.78 is 21.8. The summed E-state index contributed by atoms with van der Waals surface area (Å²) in [5, 5.41) is 3.11. The molecule has 26 heavy (non-hydrogen) atoms. The lowest BCUT2D eigenvalue weighted by Crippen LogP contribution is -2.62. The van der Waals surface area contributed by atoms with E-state index in [2.05, 4.69) is 5.32 Å². The molecule has 2 rings (SSSR count). The van der Waals surface area contributed by atoms with Crippen LogP contribution in [0.25, 0.3) is 0 Å². The largest absolute Gasteiger partial charge is 0.456 e. The molecule has 142 valence electrons. The van der Waals surface area contributed by atoms with Crippen LogP contribution in [0.15, 0.2) is 30.3 Å². The van der Waals surface area contributed by atoms with E-state index in [0.717, 1.165) is 5.69 Å². The predicted molar refractivity (Wildman–Crippen MR) is 91.1 cm³/mol. The maximum atomic E-state index is 11.6. The van der Waals surface area contributed by atoms with Crippen LogP contribution < -0.4 is 5.32 Å². The molecular weight excluding hydrogens is 342 g/mol. The van der Waals surface area contributed by atoms with Crippen LogP contribution in [0.3, 0.4) is 0 Å². The zero-order valence-corrected chi connectivity index (χ0v) is 15.1. The summed E-state index contributed by atoms with van der Waals surface area (Å²) in [6.45, 7) is 5.40. The van der Waals surface area contributed by atoms with Gasteiger partial charge in [-0.2, -0.15) is 0 Å². The van der Waals surface area contributed by atoms with Crippen LogP contribution in [0.4, 0.5) is 5.69 Å². The standard InChI is InChI=1S/C18H23NO7/c1-10-15(24-11(2)20)16(25-12(3)21)17(26-13(4)22)18(23-10)19-14-8-6-5-7-9-14/h5-10,15-19H,1-4H3/t10-,15-,16+,17+,18-/m0/s1. The Morgan fingerprint density at radius 1 is 0.846 bits per heavy atom. The SMILES string of the molecule is CC(=O)O[C@@H]1[C@@H](OC(C)=O)[C@H](C)O[C@H](Nc2ccccc2)[C@@H]1OC(C)=O. The van der Waals surface area contributed by atoms with Gasteiger partial charge in [-0.3, -0.25) is 14.4 Å². The number of rotatable bonds is 5. The molecule has 1 aromatic rings. The minimum absolute atomic E-state index is 0.557. The summed E-state index contributed by atoms with van der Waals surface area (Å²) in [5.41, 5.74) is 0.731. The van der Waals surface area contributed by atoms with Crippen LogP contribution in [-0.4, -0.2) is 48.6 Å². The second-order valence-electron chi connectivity index (χ2n) is 5.99. The fourth-order valence-corrected chi connectivity index (χ4v) is 2.83. The first-order valence-corrected chi connectivity index (χ1v) is 8.26. The van der Waals surface area contributed by atoms with Gasteiger partial charge in [-0.05, 0) is 19.1 Å². The Kier molecular flexibility index (Phi) is 6.57. The third-order valence-corrected chi connectivity index (χ3v) is 3.76. The molecule has 8 heteroatoms. The first kappa shape index (κ1) is 19.7. The fraction of sp³-hybridized carbons (Fsp3) is 0.500. The highest BCUT2D eigenvalue weighted by Crippen LogP contribution is 2.29. The Balaban J connectivity index is 2.33. The van der Waals surface area contributed by atoms with E-state index in [-0.39, 0.29) is 0 Å². The molecule has 5 atom stereocenters. The van der Waals surface area contributed by atoms with Gasteiger partial charge >= 0.3 is 17.9 Å². The summed E-state index contributed by atoms with van der Waals surface area (Å²) in [4.78, 5) is 34.6. The Labute approximate surface area is 151 Å². The van der Waals surface area contributed by atoms with Gasteiger partial charge in [-0.15, -0.1) is 0 Å². The highest BCUT2D eigenvalue weighted by Gasteiger charge is 2.50. The molecule has 0 bridgehead atoms. The molecule has 1 heterocycles. The molecule has 0 saturated carbocycles. The van der Waals surface area contributed by atoms with Crippen molar-refractivity contribution >= 4 is 23.6 Å². The third-order valence-electron chi connectivity index (χ3n) is 3.76. The van der Waals surface area contributed by atoms with Crippen molar-refractivity contribution in [3.63, 3.8) is 0 Å². The van der Waals surface area contributed by atoms with Gasteiger partial charge in [0.05, 0.1) is 6.10 Å². The molecular formula is C18H23NO7. The highest BCUT2D eigenvalue weighted by atomic mass is 16.6. The van der Waals surface area contributed by atoms with Crippen LogP contribution in [-0.2, 0) is 33.3 Å². The van der Waals surface area contributed by atoms with Crippen LogP contribution in [0, 0.1) is 0 Å². The molecule has 0 radical (unpaired) electrons. The van der Waals surface area contributed by atoms with E-state index < -0.39 is 48.6 Å². The number of hydrogen-bond acceptors (Lipinski definition) is 8. The molecule has 1 aliphatic heterocycles. The van der Waals surface area contributed by atoms with E-state index in [1.807, 2.05) is 30.3 Å². The van der Waals surface area contributed by atoms with Gasteiger partial charge in [0.15, 0.2) is 24.5 Å². The third kappa shape index (κ3) is 5.19. The van der Waals surface area contributed by atoms with Crippen LogP contribution in [0.5, 0.6) is 0 Å². The summed E-state index contributed by atoms with van der Waals surface area (Å²) in [7, 11) is 0. The van der Waals surface area contributed by atoms with Gasteiger partial charge in [0.2, 0.25) is 0 Å². The molecule has 0 aliphatic carbocycles. The zero-order chi connectivity index (χ0) is 19.3. The van der Waals surface area contributed by atoms with Crippen LogP contribution in [0.1, 0.15) is 27.7 Å². The first-order chi connectivity index (χ1) is 12.3. The number of ether oxygens (including phenoxy) is 4. The number of para-hydroxylation sites is 1. The van der Waals surface area contributed by atoms with E-state index in [4.69, 9.17) is 18.9 Å². The number of anilines is 1. The van der Waals surface area contributed by atoms with Gasteiger partial charge in [-0.1, -0.05) is 18.2 Å². The molecule has 1 fully saturated rings. The van der Waals surface area contributed by atoms with Gasteiger partial charge in [0, 0.05) is 26.5 Å². The van der Waals surface area contributed by atoms with Crippen molar-refractivity contribution in [3.8, 4) is 0 Å². The van der Waals surface area contributed by atoms with Crippen LogP contribution >= 0.6 is 0 Å². The van der Waals surface area contributed by atoms with E-state index in [9.17, 15) is 14.4 Å². The number of hydrogen-bond donors (Lipinski definition) is 1. The Morgan fingerprint density at radius 3 is 1.88 bits per heavy atom. The van der Waals surface area contributed by atoms with Gasteiger partial charge in [0.1, 0.15) is 0 Å². The topological polar surface area (TPSA) is 100 Å². The van der Waals surface area contributed by atoms with Crippen molar-refractivity contribution in [1.29, 1.82) is 0 Å². The maximum Gasteiger partial charge on any atom is 0.303 e. The van der Waals surface area contributed by atoms with Crippen molar-refractivity contribution in [3.05, 3.63) is 30.3 Å². The maximum absolute atomic E-state index is 11.6. The van der Waals surface area contributed by atoms with E-state index in [1.54, 1.807) is 6.92 Å². The molecule has 1 aliphatic rings. The van der Waals surface area contributed by atoms with Crippen molar-refractivity contribution in [1.82, 2.24) is 0 Å². The Bertz CT molecular complexity index is 648. The van der Waals surface area contributed by atoms with Gasteiger partial charge in [-0.25, -0.2) is 0 Å². The van der Waals surface area contributed by atoms with Gasteiger partial charge < -0.3 is 24.3 Å². The average Bonchev–Trinajstić information content (AvgIpc) is 2.54. The van der Waals surface area contributed by atoms with Crippen molar-refractivity contribution in [2.45, 2.75) is 58.3 Å². The normalized spacial score (nSPS) is 27.9. The van der Waals surface area contributed by atoms with E-state index in [1.165, 1.54) is 20.8 Å².